The number of piperidine rings is 1. The van der Waals surface area contributed by atoms with Crippen LogP contribution in [-0.2, 0) is 13.6 Å². The first-order valence-electron chi connectivity index (χ1n) is 10.4. The molecule has 1 aliphatic heterocycles. The lowest BCUT2D eigenvalue weighted by Crippen LogP contribution is -2.35. The smallest absolute Gasteiger partial charge is 0.261 e. The molecule has 4 aromatic rings. The Labute approximate surface area is 178 Å². The lowest BCUT2D eigenvalue weighted by Gasteiger charge is -2.33. The highest BCUT2D eigenvalue weighted by atomic mass is 19.1. The number of rotatable bonds is 4. The fraction of sp³-hybridized carbons (Fsp3) is 0.304. The summed E-state index contributed by atoms with van der Waals surface area (Å²) in [6, 6.07) is 13.6. The van der Waals surface area contributed by atoms with Gasteiger partial charge < -0.3 is 4.42 Å². The van der Waals surface area contributed by atoms with Crippen molar-refractivity contribution in [3.8, 4) is 11.5 Å². The van der Waals surface area contributed by atoms with Gasteiger partial charge in [0, 0.05) is 7.05 Å². The van der Waals surface area contributed by atoms with Gasteiger partial charge >= 0.3 is 0 Å². The molecule has 158 valence electrons. The van der Waals surface area contributed by atoms with Gasteiger partial charge in [-0.05, 0) is 43.7 Å². The number of nitrogens with zero attached hydrogens (tertiary/aromatic N) is 5. The summed E-state index contributed by atoms with van der Waals surface area (Å²) in [6.45, 7) is 1.31. The van der Waals surface area contributed by atoms with E-state index in [4.69, 9.17) is 9.40 Å². The first-order chi connectivity index (χ1) is 15.1. The van der Waals surface area contributed by atoms with Crippen LogP contribution in [0.3, 0.4) is 0 Å². The average molecular weight is 419 g/mol. The van der Waals surface area contributed by atoms with Crippen LogP contribution in [0.25, 0.3) is 22.4 Å². The van der Waals surface area contributed by atoms with Crippen molar-refractivity contribution in [3.63, 3.8) is 0 Å². The first-order valence-corrected chi connectivity index (χ1v) is 10.4. The van der Waals surface area contributed by atoms with E-state index in [0.29, 0.717) is 34.7 Å². The number of aromatic nitrogens is 4. The Balaban J connectivity index is 1.46. The lowest BCUT2D eigenvalue weighted by molar-refractivity contribution is 0.113. The van der Waals surface area contributed by atoms with E-state index in [1.54, 1.807) is 35.9 Å². The second-order valence-corrected chi connectivity index (χ2v) is 7.82. The molecule has 31 heavy (non-hydrogen) atoms. The van der Waals surface area contributed by atoms with Gasteiger partial charge in [-0.3, -0.25) is 14.3 Å². The SMILES string of the molecule is Cn1c(CN2CCCC[C@@H]2c2nnc(-c3ccccc3F)o2)nc2ccccc2c1=O. The number of fused-ring (bicyclic) bond motifs is 1. The molecule has 0 amide bonds. The Kier molecular flexibility index (Phi) is 5.07. The molecule has 1 atom stereocenters. The number of halogens is 1. The van der Waals surface area contributed by atoms with Crippen LogP contribution in [0.15, 0.2) is 57.7 Å². The summed E-state index contributed by atoms with van der Waals surface area (Å²) in [5, 5.41) is 8.91. The molecule has 0 aliphatic carbocycles. The highest BCUT2D eigenvalue weighted by Gasteiger charge is 2.30. The van der Waals surface area contributed by atoms with Crippen molar-refractivity contribution in [2.24, 2.45) is 7.05 Å². The van der Waals surface area contributed by atoms with Crippen molar-refractivity contribution in [3.05, 3.63) is 76.4 Å². The maximum atomic E-state index is 14.1. The van der Waals surface area contributed by atoms with E-state index in [0.717, 1.165) is 25.8 Å². The van der Waals surface area contributed by atoms with Gasteiger partial charge in [0.1, 0.15) is 11.6 Å². The number of hydrogen-bond donors (Lipinski definition) is 0. The largest absolute Gasteiger partial charge is 0.419 e. The second-order valence-electron chi connectivity index (χ2n) is 7.82. The third-order valence-corrected chi connectivity index (χ3v) is 5.86. The van der Waals surface area contributed by atoms with E-state index < -0.39 is 5.82 Å². The molecule has 0 radical (unpaired) electrons. The molecule has 1 saturated heterocycles. The van der Waals surface area contributed by atoms with E-state index in [9.17, 15) is 9.18 Å². The first kappa shape index (κ1) is 19.6. The van der Waals surface area contributed by atoms with Crippen molar-refractivity contribution < 1.29 is 8.81 Å². The molecule has 3 heterocycles. The summed E-state index contributed by atoms with van der Waals surface area (Å²) in [5.74, 6) is 0.927. The van der Waals surface area contributed by atoms with Gasteiger partial charge in [0.2, 0.25) is 5.89 Å². The Morgan fingerprint density at radius 2 is 1.90 bits per heavy atom. The van der Waals surface area contributed by atoms with Crippen LogP contribution < -0.4 is 5.56 Å². The predicted octanol–water partition coefficient (Wildman–Crippen LogP) is 3.85. The highest BCUT2D eigenvalue weighted by molar-refractivity contribution is 5.77. The van der Waals surface area contributed by atoms with Gasteiger partial charge in [0.15, 0.2) is 0 Å². The minimum atomic E-state index is -0.395. The molecule has 0 N–H and O–H groups in total. The molecule has 0 unspecified atom stereocenters. The molecule has 0 bridgehead atoms. The van der Waals surface area contributed by atoms with Crippen LogP contribution in [0.5, 0.6) is 0 Å². The number of hydrogen-bond acceptors (Lipinski definition) is 6. The molecular weight excluding hydrogens is 397 g/mol. The predicted molar refractivity (Wildman–Crippen MR) is 114 cm³/mol. The van der Waals surface area contributed by atoms with Crippen molar-refractivity contribution in [1.82, 2.24) is 24.6 Å². The minimum Gasteiger partial charge on any atom is -0.419 e. The number of benzene rings is 2. The lowest BCUT2D eigenvalue weighted by atomic mass is 10.0. The van der Waals surface area contributed by atoms with E-state index in [2.05, 4.69) is 15.1 Å². The highest BCUT2D eigenvalue weighted by Crippen LogP contribution is 2.33. The van der Waals surface area contributed by atoms with Crippen LogP contribution in [0, 0.1) is 5.82 Å². The molecule has 5 rings (SSSR count). The van der Waals surface area contributed by atoms with Crippen molar-refractivity contribution in [1.29, 1.82) is 0 Å². The maximum absolute atomic E-state index is 14.1. The Bertz CT molecular complexity index is 1300. The summed E-state index contributed by atoms with van der Waals surface area (Å²) < 4.78 is 21.6. The summed E-state index contributed by atoms with van der Waals surface area (Å²) in [5.41, 5.74) is 0.921. The quantitative estimate of drug-likeness (QED) is 0.500. The van der Waals surface area contributed by atoms with Crippen molar-refractivity contribution >= 4 is 10.9 Å². The Hall–Kier alpha value is -3.39. The standard InChI is InChI=1S/C23H22FN5O2/c1-28-20(25-18-11-5-3-9-16(18)23(28)30)14-29-13-7-6-12-19(29)22-27-26-21(31-22)15-8-2-4-10-17(15)24/h2-5,8-11,19H,6-7,12-14H2,1H3/t19-/m1/s1. The van der Waals surface area contributed by atoms with Gasteiger partial charge in [0.05, 0.1) is 29.1 Å². The molecule has 2 aromatic heterocycles. The van der Waals surface area contributed by atoms with Gasteiger partial charge in [-0.15, -0.1) is 10.2 Å². The molecular formula is C23H22FN5O2. The van der Waals surface area contributed by atoms with Crippen LogP contribution in [0.2, 0.25) is 0 Å². The molecule has 7 nitrogen and oxygen atoms in total. The van der Waals surface area contributed by atoms with Crippen LogP contribution in [0.1, 0.15) is 37.0 Å². The Morgan fingerprint density at radius 1 is 1.10 bits per heavy atom. The van der Waals surface area contributed by atoms with E-state index >= 15 is 0 Å². The number of likely N-dealkylation sites (tertiary alicyclic amines) is 1. The van der Waals surface area contributed by atoms with E-state index in [1.165, 1.54) is 6.07 Å². The summed E-state index contributed by atoms with van der Waals surface area (Å²) >= 11 is 0. The van der Waals surface area contributed by atoms with Crippen molar-refractivity contribution in [2.75, 3.05) is 6.54 Å². The van der Waals surface area contributed by atoms with Crippen LogP contribution >= 0.6 is 0 Å². The van der Waals surface area contributed by atoms with Crippen LogP contribution in [-0.4, -0.2) is 31.2 Å². The molecule has 1 aliphatic rings. The number of para-hydroxylation sites is 1. The fourth-order valence-corrected chi connectivity index (χ4v) is 4.16. The van der Waals surface area contributed by atoms with E-state index in [-0.39, 0.29) is 17.5 Å². The monoisotopic (exact) mass is 419 g/mol. The van der Waals surface area contributed by atoms with Crippen LogP contribution in [0.4, 0.5) is 4.39 Å². The summed E-state index contributed by atoms with van der Waals surface area (Å²) in [7, 11) is 1.75. The van der Waals surface area contributed by atoms with E-state index in [1.807, 2.05) is 18.2 Å². The Morgan fingerprint density at radius 3 is 2.77 bits per heavy atom. The molecule has 8 heteroatoms. The third-order valence-electron chi connectivity index (χ3n) is 5.86. The molecule has 0 spiro atoms. The topological polar surface area (TPSA) is 77.1 Å². The van der Waals surface area contributed by atoms with Gasteiger partial charge in [-0.25, -0.2) is 9.37 Å². The zero-order chi connectivity index (χ0) is 21.4. The molecule has 2 aromatic carbocycles. The molecule has 1 fully saturated rings. The van der Waals surface area contributed by atoms with Crippen molar-refractivity contribution in [2.45, 2.75) is 31.8 Å². The summed E-state index contributed by atoms with van der Waals surface area (Å²) in [4.78, 5) is 19.7. The summed E-state index contributed by atoms with van der Waals surface area (Å²) in [6.07, 6.45) is 2.91. The van der Waals surface area contributed by atoms with Gasteiger partial charge in [-0.1, -0.05) is 30.7 Å². The minimum absolute atomic E-state index is 0.0613. The maximum Gasteiger partial charge on any atom is 0.261 e. The second kappa shape index (κ2) is 8.03. The normalized spacial score (nSPS) is 17.3. The fourth-order valence-electron chi connectivity index (χ4n) is 4.16. The zero-order valence-corrected chi connectivity index (χ0v) is 17.2. The molecule has 0 saturated carbocycles. The van der Waals surface area contributed by atoms with Gasteiger partial charge in [-0.2, -0.15) is 0 Å². The third kappa shape index (κ3) is 3.63. The zero-order valence-electron chi connectivity index (χ0n) is 17.2. The average Bonchev–Trinajstić information content (AvgIpc) is 3.28. The van der Waals surface area contributed by atoms with Gasteiger partial charge in [0.25, 0.3) is 11.4 Å².